The molecule has 2 atom stereocenters. The highest BCUT2D eigenvalue weighted by atomic mass is 19.4. The van der Waals surface area contributed by atoms with Crippen molar-refractivity contribution in [2.75, 3.05) is 33.4 Å². The fraction of sp³-hybridized carbons (Fsp3) is 0.588. The second kappa shape index (κ2) is 7.88. The van der Waals surface area contributed by atoms with Crippen LogP contribution in [0.5, 0.6) is 0 Å². The third-order valence-electron chi connectivity index (χ3n) is 4.25. The number of hydrogen-bond acceptors (Lipinski definition) is 2. The highest BCUT2D eigenvalue weighted by Gasteiger charge is 2.30. The molecule has 0 bridgehead atoms. The molecular formula is C17H23F3N2O2. The lowest BCUT2D eigenvalue weighted by Crippen LogP contribution is -2.41. The number of carbonyl (C=O) groups is 1. The van der Waals surface area contributed by atoms with Gasteiger partial charge in [0.2, 0.25) is 0 Å². The molecule has 7 heteroatoms. The van der Waals surface area contributed by atoms with Gasteiger partial charge in [-0.1, -0.05) is 25.1 Å². The van der Waals surface area contributed by atoms with E-state index in [1.807, 2.05) is 0 Å². The van der Waals surface area contributed by atoms with Gasteiger partial charge >= 0.3 is 12.2 Å². The molecule has 0 unspecified atom stereocenters. The molecule has 24 heavy (non-hydrogen) atoms. The predicted molar refractivity (Wildman–Crippen MR) is 84.8 cm³/mol. The lowest BCUT2D eigenvalue weighted by Gasteiger charge is -2.22. The fourth-order valence-electron chi connectivity index (χ4n) is 2.71. The van der Waals surface area contributed by atoms with Crippen molar-refractivity contribution < 1.29 is 22.7 Å². The first-order valence-corrected chi connectivity index (χ1v) is 8.01. The minimum Gasteiger partial charge on any atom is -0.381 e. The van der Waals surface area contributed by atoms with Crippen LogP contribution in [0.1, 0.15) is 30.4 Å². The molecule has 2 rings (SSSR count). The molecule has 1 aliphatic rings. The third-order valence-corrected chi connectivity index (χ3v) is 4.25. The van der Waals surface area contributed by atoms with Crippen molar-refractivity contribution in [1.82, 2.24) is 10.2 Å². The van der Waals surface area contributed by atoms with E-state index in [1.165, 1.54) is 6.07 Å². The number of benzene rings is 1. The molecule has 1 aromatic carbocycles. The molecule has 1 aromatic rings. The van der Waals surface area contributed by atoms with Crippen LogP contribution in [0.25, 0.3) is 0 Å². The molecule has 4 nitrogen and oxygen atoms in total. The van der Waals surface area contributed by atoms with Crippen LogP contribution in [0.4, 0.5) is 18.0 Å². The van der Waals surface area contributed by atoms with E-state index < -0.39 is 11.7 Å². The van der Waals surface area contributed by atoms with Gasteiger partial charge < -0.3 is 15.0 Å². The summed E-state index contributed by atoms with van der Waals surface area (Å²) in [5.41, 5.74) is -0.117. The van der Waals surface area contributed by atoms with Gasteiger partial charge in [0.25, 0.3) is 0 Å². The van der Waals surface area contributed by atoms with E-state index in [1.54, 1.807) is 24.9 Å². The van der Waals surface area contributed by atoms with Gasteiger partial charge in [-0.15, -0.1) is 0 Å². The van der Waals surface area contributed by atoms with Gasteiger partial charge in [0, 0.05) is 32.7 Å². The standard InChI is InChI=1S/C17H23F3N2O2/c1-12(14-4-3-5-15(8-14)17(18,19)20)9-21-16(23)22(2)10-13-6-7-24-11-13/h3-5,8,12-13H,6-7,9-11H2,1-2H3,(H,21,23)/t12-,13+/m0/s1. The van der Waals surface area contributed by atoms with Crippen molar-refractivity contribution in [1.29, 1.82) is 0 Å². The average molecular weight is 344 g/mol. The van der Waals surface area contributed by atoms with Gasteiger partial charge in [0.05, 0.1) is 12.2 Å². The SMILES string of the molecule is C[C@@H](CNC(=O)N(C)C[C@H]1CCOC1)c1cccc(C(F)(F)F)c1. The van der Waals surface area contributed by atoms with Gasteiger partial charge in [0.15, 0.2) is 0 Å². The molecule has 0 spiro atoms. The van der Waals surface area contributed by atoms with Gasteiger partial charge in [-0.2, -0.15) is 13.2 Å². The van der Waals surface area contributed by atoms with Crippen LogP contribution in [0.2, 0.25) is 0 Å². The number of halogens is 3. The summed E-state index contributed by atoms with van der Waals surface area (Å²) in [6, 6.07) is 5.00. The van der Waals surface area contributed by atoms with E-state index in [2.05, 4.69) is 5.32 Å². The number of nitrogens with one attached hydrogen (secondary N) is 1. The summed E-state index contributed by atoms with van der Waals surface area (Å²) in [6.07, 6.45) is -3.42. The van der Waals surface area contributed by atoms with E-state index in [0.29, 0.717) is 24.6 Å². The Morgan fingerprint density at radius 1 is 1.46 bits per heavy atom. The normalized spacial score (nSPS) is 19.1. The topological polar surface area (TPSA) is 41.6 Å². The molecule has 2 amide bonds. The summed E-state index contributed by atoms with van der Waals surface area (Å²) < 4.78 is 43.6. The average Bonchev–Trinajstić information content (AvgIpc) is 3.04. The molecule has 1 N–H and O–H groups in total. The number of ether oxygens (including phenoxy) is 1. The number of nitrogens with zero attached hydrogens (tertiary/aromatic N) is 1. The van der Waals surface area contributed by atoms with Gasteiger partial charge in [-0.05, 0) is 24.0 Å². The van der Waals surface area contributed by atoms with Crippen molar-refractivity contribution in [2.24, 2.45) is 5.92 Å². The second-order valence-electron chi connectivity index (χ2n) is 6.32. The summed E-state index contributed by atoms with van der Waals surface area (Å²) in [5.74, 6) is 0.140. The number of carbonyl (C=O) groups excluding carboxylic acids is 1. The Labute approximate surface area is 140 Å². The largest absolute Gasteiger partial charge is 0.416 e. The zero-order chi connectivity index (χ0) is 17.7. The lowest BCUT2D eigenvalue weighted by atomic mass is 9.99. The maximum Gasteiger partial charge on any atom is 0.416 e. The number of alkyl halides is 3. The van der Waals surface area contributed by atoms with Gasteiger partial charge in [-0.3, -0.25) is 0 Å². The van der Waals surface area contributed by atoms with Crippen LogP contribution in [-0.2, 0) is 10.9 Å². The molecular weight excluding hydrogens is 321 g/mol. The molecule has 0 aliphatic carbocycles. The number of urea groups is 1. The van der Waals surface area contributed by atoms with Crippen LogP contribution in [-0.4, -0.2) is 44.3 Å². The zero-order valence-corrected chi connectivity index (χ0v) is 13.9. The van der Waals surface area contributed by atoms with E-state index in [9.17, 15) is 18.0 Å². The Morgan fingerprint density at radius 2 is 2.21 bits per heavy atom. The maximum atomic E-state index is 12.8. The van der Waals surface area contributed by atoms with Crippen molar-refractivity contribution in [2.45, 2.75) is 25.4 Å². The second-order valence-corrected chi connectivity index (χ2v) is 6.32. The Hall–Kier alpha value is -1.76. The van der Waals surface area contributed by atoms with Crippen molar-refractivity contribution >= 4 is 6.03 Å². The highest BCUT2D eigenvalue weighted by molar-refractivity contribution is 5.73. The molecule has 1 heterocycles. The summed E-state index contributed by atoms with van der Waals surface area (Å²) in [4.78, 5) is 13.7. The van der Waals surface area contributed by atoms with Gasteiger partial charge in [0.1, 0.15) is 0 Å². The number of hydrogen-bond donors (Lipinski definition) is 1. The maximum absolute atomic E-state index is 12.8. The molecule has 1 aliphatic heterocycles. The first-order chi connectivity index (χ1) is 11.3. The quantitative estimate of drug-likeness (QED) is 0.888. The van der Waals surface area contributed by atoms with Crippen molar-refractivity contribution in [3.8, 4) is 0 Å². The van der Waals surface area contributed by atoms with Gasteiger partial charge in [-0.25, -0.2) is 4.79 Å². The molecule has 1 saturated heterocycles. The van der Waals surface area contributed by atoms with Crippen LogP contribution in [0.15, 0.2) is 24.3 Å². The Balaban J connectivity index is 1.85. The first-order valence-electron chi connectivity index (χ1n) is 8.01. The Kier molecular flexibility index (Phi) is 6.10. The van der Waals surface area contributed by atoms with Crippen LogP contribution in [0.3, 0.4) is 0 Å². The lowest BCUT2D eigenvalue weighted by molar-refractivity contribution is -0.137. The summed E-state index contributed by atoms with van der Waals surface area (Å²) >= 11 is 0. The molecule has 0 radical (unpaired) electrons. The predicted octanol–water partition coefficient (Wildman–Crippen LogP) is 3.49. The number of amides is 2. The van der Waals surface area contributed by atoms with E-state index >= 15 is 0 Å². The zero-order valence-electron chi connectivity index (χ0n) is 13.9. The van der Waals surface area contributed by atoms with Crippen LogP contribution < -0.4 is 5.32 Å². The van der Waals surface area contributed by atoms with Crippen LogP contribution >= 0.6 is 0 Å². The molecule has 0 aromatic heterocycles. The smallest absolute Gasteiger partial charge is 0.381 e. The molecule has 1 fully saturated rings. The van der Waals surface area contributed by atoms with E-state index in [4.69, 9.17) is 4.74 Å². The summed E-state index contributed by atoms with van der Waals surface area (Å²) in [5, 5.41) is 2.78. The monoisotopic (exact) mass is 344 g/mol. The minimum atomic E-state index is -4.36. The fourth-order valence-corrected chi connectivity index (χ4v) is 2.71. The molecule has 0 saturated carbocycles. The number of rotatable bonds is 5. The van der Waals surface area contributed by atoms with E-state index in [-0.39, 0.29) is 18.5 Å². The molecule has 134 valence electrons. The first kappa shape index (κ1) is 18.6. The summed E-state index contributed by atoms with van der Waals surface area (Å²) in [6.45, 7) is 4.08. The van der Waals surface area contributed by atoms with Crippen LogP contribution in [0, 0.1) is 5.92 Å². The summed E-state index contributed by atoms with van der Waals surface area (Å²) in [7, 11) is 1.71. The Morgan fingerprint density at radius 3 is 2.83 bits per heavy atom. The Bertz CT molecular complexity index is 557. The van der Waals surface area contributed by atoms with Crippen molar-refractivity contribution in [3.63, 3.8) is 0 Å². The highest BCUT2D eigenvalue weighted by Crippen LogP contribution is 2.31. The van der Waals surface area contributed by atoms with E-state index in [0.717, 1.165) is 25.2 Å². The third kappa shape index (κ3) is 5.12. The van der Waals surface area contributed by atoms with Crippen molar-refractivity contribution in [3.05, 3.63) is 35.4 Å². The minimum absolute atomic E-state index is 0.209.